The molecule has 0 bridgehead atoms. The van der Waals surface area contributed by atoms with Crippen LogP contribution >= 0.6 is 11.6 Å². The van der Waals surface area contributed by atoms with Crippen molar-refractivity contribution in [3.05, 3.63) is 86.6 Å². The van der Waals surface area contributed by atoms with E-state index in [1.807, 2.05) is 31.2 Å². The zero-order valence-electron chi connectivity index (χ0n) is 15.3. The molecule has 2 heterocycles. The number of aryl methyl sites for hydroxylation is 2. The standard InChI is InChI=1S/C21H23ClN4O/c1-15-5-6-17(13-24-15)12-18-14-25-21(26-20(18)27)23-11-3-2-4-16-7-9-19(22)10-8-16/h5-10,13-14H,2-4,11-12H2,1H3,(H2,23,25,26,27). The molecule has 0 aliphatic rings. The number of pyridine rings is 1. The molecule has 140 valence electrons. The number of H-pyrrole nitrogens is 1. The van der Waals surface area contributed by atoms with E-state index in [0.717, 1.165) is 42.1 Å². The smallest absolute Gasteiger partial charge is 0.255 e. The van der Waals surface area contributed by atoms with Crippen LogP contribution in [0.25, 0.3) is 0 Å². The summed E-state index contributed by atoms with van der Waals surface area (Å²) in [7, 11) is 0. The number of halogens is 1. The number of benzene rings is 1. The maximum absolute atomic E-state index is 12.2. The fourth-order valence-electron chi connectivity index (χ4n) is 2.77. The minimum Gasteiger partial charge on any atom is -0.356 e. The number of aromatic nitrogens is 3. The summed E-state index contributed by atoms with van der Waals surface area (Å²) in [5.41, 5.74) is 3.75. The molecular weight excluding hydrogens is 360 g/mol. The van der Waals surface area contributed by atoms with Gasteiger partial charge in [-0.1, -0.05) is 29.8 Å². The fraction of sp³-hybridized carbons (Fsp3) is 0.286. The van der Waals surface area contributed by atoms with Crippen molar-refractivity contribution < 1.29 is 0 Å². The summed E-state index contributed by atoms with van der Waals surface area (Å²) in [6, 6.07) is 11.9. The lowest BCUT2D eigenvalue weighted by Crippen LogP contribution is -2.17. The summed E-state index contributed by atoms with van der Waals surface area (Å²) in [6.07, 6.45) is 7.00. The molecule has 1 aromatic carbocycles. The van der Waals surface area contributed by atoms with E-state index < -0.39 is 0 Å². The molecule has 27 heavy (non-hydrogen) atoms. The molecular formula is C21H23ClN4O. The molecule has 2 aromatic heterocycles. The number of hydrogen-bond acceptors (Lipinski definition) is 4. The molecule has 3 rings (SSSR count). The van der Waals surface area contributed by atoms with E-state index in [0.29, 0.717) is 17.9 Å². The molecule has 5 nitrogen and oxygen atoms in total. The zero-order chi connectivity index (χ0) is 19.1. The fourth-order valence-corrected chi connectivity index (χ4v) is 2.90. The Morgan fingerprint density at radius 2 is 1.78 bits per heavy atom. The topological polar surface area (TPSA) is 70.7 Å². The van der Waals surface area contributed by atoms with Crippen molar-refractivity contribution in [1.82, 2.24) is 15.0 Å². The highest BCUT2D eigenvalue weighted by Crippen LogP contribution is 2.12. The van der Waals surface area contributed by atoms with Crippen LogP contribution in [0.1, 0.15) is 35.2 Å². The van der Waals surface area contributed by atoms with E-state index >= 15 is 0 Å². The predicted octanol–water partition coefficient (Wildman–Crippen LogP) is 4.15. The van der Waals surface area contributed by atoms with Crippen LogP contribution in [-0.4, -0.2) is 21.5 Å². The summed E-state index contributed by atoms with van der Waals surface area (Å²) >= 11 is 5.89. The van der Waals surface area contributed by atoms with Crippen molar-refractivity contribution >= 4 is 17.5 Å². The van der Waals surface area contributed by atoms with Gasteiger partial charge in [0.2, 0.25) is 5.95 Å². The van der Waals surface area contributed by atoms with Crippen LogP contribution in [0.2, 0.25) is 5.02 Å². The van der Waals surface area contributed by atoms with Gasteiger partial charge in [-0.25, -0.2) is 4.98 Å². The highest BCUT2D eigenvalue weighted by Gasteiger charge is 2.04. The Labute approximate surface area is 163 Å². The lowest BCUT2D eigenvalue weighted by atomic mass is 10.1. The Morgan fingerprint density at radius 3 is 2.48 bits per heavy atom. The summed E-state index contributed by atoms with van der Waals surface area (Å²) in [6.45, 7) is 2.70. The molecule has 0 radical (unpaired) electrons. The number of nitrogens with one attached hydrogen (secondary N) is 2. The minimum absolute atomic E-state index is 0.116. The number of hydrogen-bond donors (Lipinski definition) is 2. The first kappa shape index (κ1) is 19.1. The van der Waals surface area contributed by atoms with E-state index in [-0.39, 0.29) is 5.56 Å². The molecule has 0 unspecified atom stereocenters. The summed E-state index contributed by atoms with van der Waals surface area (Å²) in [4.78, 5) is 23.6. The second-order valence-corrected chi connectivity index (χ2v) is 7.02. The number of rotatable bonds is 8. The normalized spacial score (nSPS) is 10.7. The molecule has 0 spiro atoms. The third-order valence-corrected chi connectivity index (χ3v) is 4.59. The molecule has 2 N–H and O–H groups in total. The van der Waals surface area contributed by atoms with E-state index in [1.165, 1.54) is 5.56 Å². The van der Waals surface area contributed by atoms with Gasteiger partial charge in [0, 0.05) is 41.6 Å². The Hall–Kier alpha value is -2.66. The number of unbranched alkanes of at least 4 members (excludes halogenated alkanes) is 1. The van der Waals surface area contributed by atoms with Crippen LogP contribution < -0.4 is 10.9 Å². The van der Waals surface area contributed by atoms with Crippen LogP contribution in [0.3, 0.4) is 0 Å². The van der Waals surface area contributed by atoms with Crippen LogP contribution in [0.15, 0.2) is 53.6 Å². The van der Waals surface area contributed by atoms with Crippen LogP contribution in [0, 0.1) is 6.92 Å². The van der Waals surface area contributed by atoms with Gasteiger partial charge >= 0.3 is 0 Å². The van der Waals surface area contributed by atoms with Gasteiger partial charge in [-0.3, -0.25) is 14.8 Å². The molecule has 0 saturated heterocycles. The second kappa shape index (κ2) is 9.33. The highest BCUT2D eigenvalue weighted by molar-refractivity contribution is 6.30. The van der Waals surface area contributed by atoms with Crippen molar-refractivity contribution in [3.63, 3.8) is 0 Å². The molecule has 0 aliphatic heterocycles. The first-order chi connectivity index (χ1) is 13.1. The van der Waals surface area contributed by atoms with Gasteiger partial charge in [-0.15, -0.1) is 0 Å². The number of anilines is 1. The van der Waals surface area contributed by atoms with Crippen LogP contribution in [-0.2, 0) is 12.8 Å². The molecule has 0 saturated carbocycles. The monoisotopic (exact) mass is 382 g/mol. The minimum atomic E-state index is -0.116. The molecule has 0 atom stereocenters. The number of nitrogens with zero attached hydrogens (tertiary/aromatic N) is 2. The van der Waals surface area contributed by atoms with E-state index in [2.05, 4.69) is 32.4 Å². The Bertz CT molecular complexity index is 920. The van der Waals surface area contributed by atoms with E-state index in [9.17, 15) is 4.79 Å². The van der Waals surface area contributed by atoms with Crippen molar-refractivity contribution in [2.45, 2.75) is 32.6 Å². The quantitative estimate of drug-likeness (QED) is 0.574. The van der Waals surface area contributed by atoms with E-state index in [4.69, 9.17) is 11.6 Å². The predicted molar refractivity (Wildman–Crippen MR) is 110 cm³/mol. The SMILES string of the molecule is Cc1ccc(Cc2cnc(NCCCCc3ccc(Cl)cc3)[nH]c2=O)cn1. The Kier molecular flexibility index (Phi) is 6.60. The van der Waals surface area contributed by atoms with Gasteiger partial charge in [0.25, 0.3) is 5.56 Å². The molecule has 0 fully saturated rings. The van der Waals surface area contributed by atoms with Crippen molar-refractivity contribution in [3.8, 4) is 0 Å². The molecule has 3 aromatic rings. The van der Waals surface area contributed by atoms with Crippen LogP contribution in [0.5, 0.6) is 0 Å². The van der Waals surface area contributed by atoms with E-state index in [1.54, 1.807) is 12.4 Å². The van der Waals surface area contributed by atoms with Gasteiger partial charge in [0.15, 0.2) is 0 Å². The first-order valence-corrected chi connectivity index (χ1v) is 9.46. The average molecular weight is 383 g/mol. The molecule has 0 amide bonds. The lowest BCUT2D eigenvalue weighted by molar-refractivity contribution is 0.758. The third-order valence-electron chi connectivity index (χ3n) is 4.34. The third kappa shape index (κ3) is 5.93. The highest BCUT2D eigenvalue weighted by atomic mass is 35.5. The maximum Gasteiger partial charge on any atom is 0.255 e. The van der Waals surface area contributed by atoms with Crippen LogP contribution in [0.4, 0.5) is 5.95 Å². The lowest BCUT2D eigenvalue weighted by Gasteiger charge is -2.07. The molecule has 6 heteroatoms. The van der Waals surface area contributed by atoms with Gasteiger partial charge < -0.3 is 5.32 Å². The maximum atomic E-state index is 12.2. The number of aromatic amines is 1. The van der Waals surface area contributed by atoms with Crippen molar-refractivity contribution in [2.24, 2.45) is 0 Å². The molecule has 0 aliphatic carbocycles. The Balaban J connectivity index is 1.45. The van der Waals surface area contributed by atoms with Gasteiger partial charge in [0.1, 0.15) is 0 Å². The summed E-state index contributed by atoms with van der Waals surface area (Å²) in [5, 5.41) is 3.94. The van der Waals surface area contributed by atoms with Crippen molar-refractivity contribution in [1.29, 1.82) is 0 Å². The van der Waals surface area contributed by atoms with Gasteiger partial charge in [-0.2, -0.15) is 0 Å². The second-order valence-electron chi connectivity index (χ2n) is 6.58. The summed E-state index contributed by atoms with van der Waals surface area (Å²) in [5.74, 6) is 0.511. The van der Waals surface area contributed by atoms with Crippen molar-refractivity contribution in [2.75, 3.05) is 11.9 Å². The van der Waals surface area contributed by atoms with Gasteiger partial charge in [0.05, 0.1) is 0 Å². The first-order valence-electron chi connectivity index (χ1n) is 9.08. The summed E-state index contributed by atoms with van der Waals surface area (Å²) < 4.78 is 0. The average Bonchev–Trinajstić information content (AvgIpc) is 2.67. The largest absolute Gasteiger partial charge is 0.356 e. The Morgan fingerprint density at radius 1 is 1.00 bits per heavy atom. The van der Waals surface area contributed by atoms with Gasteiger partial charge in [-0.05, 0) is 55.5 Å². The zero-order valence-corrected chi connectivity index (χ0v) is 16.1.